The van der Waals surface area contributed by atoms with E-state index in [1.807, 2.05) is 24.3 Å². The molecule has 0 spiro atoms. The van der Waals surface area contributed by atoms with Gasteiger partial charge in [-0.3, -0.25) is 0 Å². The maximum absolute atomic E-state index is 11.4. The largest absolute Gasteiger partial charge is 0.513 e. The van der Waals surface area contributed by atoms with Crippen molar-refractivity contribution in [1.29, 1.82) is 0 Å². The van der Waals surface area contributed by atoms with Crippen LogP contribution in [0.15, 0.2) is 42.5 Å². The van der Waals surface area contributed by atoms with Crippen LogP contribution in [0.3, 0.4) is 0 Å². The summed E-state index contributed by atoms with van der Waals surface area (Å²) in [7, 11) is 1.32. The Hall–Kier alpha value is -2.29. The molecular weight excluding hydrogens is 240 g/mol. The number of hydrogen-bond acceptors (Lipinski definition) is 3. The number of allylic oxidation sites excluding steroid dienone is 2. The summed E-state index contributed by atoms with van der Waals surface area (Å²) in [6.45, 7) is 0. The van der Waals surface area contributed by atoms with Gasteiger partial charge >= 0.3 is 6.16 Å². The summed E-state index contributed by atoms with van der Waals surface area (Å²) in [5.74, 6) is 0.629. The molecule has 0 saturated heterocycles. The van der Waals surface area contributed by atoms with Gasteiger partial charge in [0, 0.05) is 10.9 Å². The molecule has 0 radical (unpaired) electrons. The van der Waals surface area contributed by atoms with Crippen molar-refractivity contribution in [3.63, 3.8) is 0 Å². The zero-order chi connectivity index (χ0) is 13.2. The standard InChI is InChI=1S/C16H14O3/c1-18-16(17)19-15-13-8-4-2-6-11(13)10-12-7-3-5-9-14(12)15/h2-6,8,10H,7,9H2,1H3. The molecule has 0 fully saturated rings. The van der Waals surface area contributed by atoms with Gasteiger partial charge in [-0.1, -0.05) is 42.5 Å². The van der Waals surface area contributed by atoms with Crippen molar-refractivity contribution in [1.82, 2.24) is 0 Å². The van der Waals surface area contributed by atoms with E-state index in [-0.39, 0.29) is 0 Å². The van der Waals surface area contributed by atoms with Crippen molar-refractivity contribution in [3.05, 3.63) is 53.6 Å². The third-order valence-corrected chi connectivity index (χ3v) is 3.38. The minimum Gasteiger partial charge on any atom is -0.437 e. The van der Waals surface area contributed by atoms with E-state index in [9.17, 15) is 4.79 Å². The van der Waals surface area contributed by atoms with E-state index < -0.39 is 6.16 Å². The van der Waals surface area contributed by atoms with E-state index in [1.165, 1.54) is 12.7 Å². The molecule has 0 N–H and O–H groups in total. The van der Waals surface area contributed by atoms with Crippen LogP contribution in [0.4, 0.5) is 4.79 Å². The molecule has 0 heterocycles. The molecule has 1 aliphatic carbocycles. The highest BCUT2D eigenvalue weighted by molar-refractivity contribution is 5.92. The van der Waals surface area contributed by atoms with Crippen molar-refractivity contribution in [3.8, 4) is 5.75 Å². The molecular formula is C16H14O3. The predicted octanol–water partition coefficient (Wildman–Crippen LogP) is 3.64. The summed E-state index contributed by atoms with van der Waals surface area (Å²) in [4.78, 5) is 11.4. The zero-order valence-electron chi connectivity index (χ0n) is 10.7. The van der Waals surface area contributed by atoms with Gasteiger partial charge in [0.05, 0.1) is 7.11 Å². The highest BCUT2D eigenvalue weighted by Crippen LogP contribution is 2.35. The normalized spacial score (nSPS) is 13.1. The fourth-order valence-corrected chi connectivity index (χ4v) is 2.47. The van der Waals surface area contributed by atoms with Gasteiger partial charge in [-0.2, -0.15) is 0 Å². The second-order valence-electron chi connectivity index (χ2n) is 4.50. The molecule has 2 aromatic rings. The van der Waals surface area contributed by atoms with Crippen LogP contribution in [-0.2, 0) is 17.6 Å². The van der Waals surface area contributed by atoms with Crippen LogP contribution in [-0.4, -0.2) is 13.3 Å². The molecule has 2 aromatic carbocycles. The van der Waals surface area contributed by atoms with Gasteiger partial charge in [0.25, 0.3) is 0 Å². The minimum absolute atomic E-state index is 0.629. The Balaban J connectivity index is 2.23. The van der Waals surface area contributed by atoms with Gasteiger partial charge in [0.15, 0.2) is 0 Å². The Kier molecular flexibility index (Phi) is 2.95. The number of ether oxygens (including phenoxy) is 2. The molecule has 19 heavy (non-hydrogen) atoms. The Morgan fingerprint density at radius 2 is 1.95 bits per heavy atom. The number of rotatable bonds is 1. The van der Waals surface area contributed by atoms with Gasteiger partial charge in [-0.25, -0.2) is 4.79 Å². The van der Waals surface area contributed by atoms with Crippen molar-refractivity contribution in [2.24, 2.45) is 0 Å². The lowest BCUT2D eigenvalue weighted by Gasteiger charge is -2.17. The van der Waals surface area contributed by atoms with Crippen LogP contribution in [0.2, 0.25) is 0 Å². The number of benzene rings is 2. The van der Waals surface area contributed by atoms with Crippen LogP contribution < -0.4 is 4.74 Å². The van der Waals surface area contributed by atoms with Crippen LogP contribution >= 0.6 is 0 Å². The Morgan fingerprint density at radius 1 is 1.16 bits per heavy atom. The molecule has 3 rings (SSSR count). The average molecular weight is 254 g/mol. The first-order valence-corrected chi connectivity index (χ1v) is 6.24. The number of carbonyl (C=O) groups is 1. The molecule has 0 unspecified atom stereocenters. The Bertz CT molecular complexity index is 671. The molecule has 0 atom stereocenters. The van der Waals surface area contributed by atoms with Gasteiger partial charge in [-0.05, 0) is 23.8 Å². The second-order valence-corrected chi connectivity index (χ2v) is 4.50. The highest BCUT2D eigenvalue weighted by Gasteiger charge is 2.18. The minimum atomic E-state index is -0.673. The zero-order valence-corrected chi connectivity index (χ0v) is 10.7. The molecule has 1 aliphatic rings. The number of hydrogen-bond donors (Lipinski definition) is 0. The topological polar surface area (TPSA) is 35.5 Å². The number of fused-ring (bicyclic) bond motifs is 2. The maximum Gasteiger partial charge on any atom is 0.513 e. The first kappa shape index (κ1) is 11.8. The lowest BCUT2D eigenvalue weighted by atomic mass is 9.92. The molecule has 0 amide bonds. The monoisotopic (exact) mass is 254 g/mol. The third kappa shape index (κ3) is 2.08. The van der Waals surface area contributed by atoms with E-state index in [4.69, 9.17) is 4.74 Å². The predicted molar refractivity (Wildman–Crippen MR) is 73.5 cm³/mol. The fraction of sp³-hybridized carbons (Fsp3) is 0.188. The van der Waals surface area contributed by atoms with Crippen LogP contribution in [0.1, 0.15) is 11.1 Å². The molecule has 0 aliphatic heterocycles. The van der Waals surface area contributed by atoms with E-state index in [0.29, 0.717) is 5.75 Å². The molecule has 3 heteroatoms. The molecule has 96 valence electrons. The number of methoxy groups -OCH3 is 1. The van der Waals surface area contributed by atoms with Gasteiger partial charge in [0.2, 0.25) is 0 Å². The summed E-state index contributed by atoms with van der Waals surface area (Å²) in [5.41, 5.74) is 2.28. The Morgan fingerprint density at radius 3 is 2.79 bits per heavy atom. The van der Waals surface area contributed by atoms with E-state index in [0.717, 1.165) is 29.2 Å². The van der Waals surface area contributed by atoms with Crippen molar-refractivity contribution in [2.45, 2.75) is 12.8 Å². The van der Waals surface area contributed by atoms with Crippen molar-refractivity contribution < 1.29 is 14.3 Å². The van der Waals surface area contributed by atoms with Gasteiger partial charge in [-0.15, -0.1) is 0 Å². The molecule has 0 bridgehead atoms. The third-order valence-electron chi connectivity index (χ3n) is 3.38. The molecule has 0 aromatic heterocycles. The molecule has 3 nitrogen and oxygen atoms in total. The summed E-state index contributed by atoms with van der Waals surface area (Å²) in [6.07, 6.45) is 5.22. The SMILES string of the molecule is COC(=O)Oc1c2c(cc3ccccc13)CC=CC2. The fourth-order valence-electron chi connectivity index (χ4n) is 2.47. The summed E-state index contributed by atoms with van der Waals surface area (Å²) in [5, 5.41) is 2.03. The quantitative estimate of drug-likeness (QED) is 0.443. The second kappa shape index (κ2) is 4.76. The number of carbonyl (C=O) groups excluding carboxylic acids is 1. The van der Waals surface area contributed by atoms with Crippen molar-refractivity contribution in [2.75, 3.05) is 7.11 Å². The van der Waals surface area contributed by atoms with E-state index in [2.05, 4.69) is 23.0 Å². The molecule has 0 saturated carbocycles. The summed E-state index contributed by atoms with van der Waals surface area (Å²) < 4.78 is 10.00. The highest BCUT2D eigenvalue weighted by atomic mass is 16.7. The Labute approximate surface area is 111 Å². The first-order valence-electron chi connectivity index (χ1n) is 6.24. The van der Waals surface area contributed by atoms with Crippen molar-refractivity contribution >= 4 is 16.9 Å². The van der Waals surface area contributed by atoms with Crippen LogP contribution in [0.25, 0.3) is 10.8 Å². The first-order chi connectivity index (χ1) is 9.29. The summed E-state index contributed by atoms with van der Waals surface area (Å²) >= 11 is 0. The maximum atomic E-state index is 11.4. The van der Waals surface area contributed by atoms with E-state index in [1.54, 1.807) is 0 Å². The smallest absolute Gasteiger partial charge is 0.437 e. The summed E-state index contributed by atoms with van der Waals surface area (Å²) in [6, 6.07) is 10.1. The van der Waals surface area contributed by atoms with Gasteiger partial charge in [0.1, 0.15) is 5.75 Å². The van der Waals surface area contributed by atoms with Gasteiger partial charge < -0.3 is 9.47 Å². The average Bonchev–Trinajstić information content (AvgIpc) is 2.46. The lowest BCUT2D eigenvalue weighted by Crippen LogP contribution is -2.11. The van der Waals surface area contributed by atoms with E-state index >= 15 is 0 Å². The lowest BCUT2D eigenvalue weighted by molar-refractivity contribution is 0.121. The van der Waals surface area contributed by atoms with Crippen LogP contribution in [0.5, 0.6) is 5.75 Å². The van der Waals surface area contributed by atoms with Crippen LogP contribution in [0, 0.1) is 0 Å².